The summed E-state index contributed by atoms with van der Waals surface area (Å²) in [5.41, 5.74) is 6.18. The van der Waals surface area contributed by atoms with Crippen molar-refractivity contribution in [3.63, 3.8) is 0 Å². The maximum absolute atomic E-state index is 12.1. The number of carbonyl (C=O) groups is 1. The summed E-state index contributed by atoms with van der Waals surface area (Å²) in [6, 6.07) is 5.12. The van der Waals surface area contributed by atoms with Crippen LogP contribution in [0.1, 0.15) is 25.7 Å². The molecule has 1 heterocycles. The van der Waals surface area contributed by atoms with Gasteiger partial charge in [0.05, 0.1) is 6.54 Å². The van der Waals surface area contributed by atoms with Gasteiger partial charge in [0.15, 0.2) is 5.96 Å². The predicted molar refractivity (Wildman–Crippen MR) is 104 cm³/mol. The Kier molecular flexibility index (Phi) is 8.96. The molecule has 0 radical (unpaired) electrons. The number of piperidine rings is 1. The monoisotopic (exact) mass is 486 g/mol. The minimum absolute atomic E-state index is 0. The first-order chi connectivity index (χ1) is 11.8. The lowest BCUT2D eigenvalue weighted by atomic mass is 10.1. The summed E-state index contributed by atoms with van der Waals surface area (Å²) in [7, 11) is 0. The van der Waals surface area contributed by atoms with Crippen LogP contribution in [0.25, 0.3) is 0 Å². The molecule has 0 unspecified atom stereocenters. The molecule has 0 spiro atoms. The molecule has 26 heavy (non-hydrogen) atoms. The van der Waals surface area contributed by atoms with Crippen LogP contribution in [0.3, 0.4) is 0 Å². The summed E-state index contributed by atoms with van der Waals surface area (Å²) >= 11 is 0. The molecule has 1 saturated heterocycles. The van der Waals surface area contributed by atoms with E-state index in [9.17, 15) is 18.0 Å². The van der Waals surface area contributed by atoms with Crippen LogP contribution < -0.4 is 15.8 Å². The van der Waals surface area contributed by atoms with Crippen molar-refractivity contribution < 1.29 is 22.7 Å². The van der Waals surface area contributed by atoms with Gasteiger partial charge in [-0.3, -0.25) is 9.79 Å². The number of nitrogens with two attached hydrogens (primary N) is 1. The number of hydrogen-bond acceptors (Lipinski definition) is 3. The second kappa shape index (κ2) is 10.4. The summed E-state index contributed by atoms with van der Waals surface area (Å²) in [6.07, 6.45) is -1.22. The SMILES string of the molecule is I.NC(=NCCC(=O)N1CCCCC1)Nc1ccc(OC(F)(F)F)cc1. The van der Waals surface area contributed by atoms with Gasteiger partial charge in [0.2, 0.25) is 5.91 Å². The van der Waals surface area contributed by atoms with Crippen LogP contribution in [-0.4, -0.2) is 42.8 Å². The number of nitrogens with one attached hydrogen (secondary N) is 1. The Morgan fingerprint density at radius 1 is 1.19 bits per heavy atom. The molecule has 3 N–H and O–H groups in total. The summed E-state index contributed by atoms with van der Waals surface area (Å²) in [4.78, 5) is 17.9. The van der Waals surface area contributed by atoms with Crippen molar-refractivity contribution >= 4 is 41.5 Å². The standard InChI is InChI=1S/C16H21F3N4O2.HI/c17-16(18,19)25-13-6-4-12(5-7-13)22-15(20)21-9-8-14(24)23-10-2-1-3-11-23;/h4-7H,1-3,8-11H2,(H3,20,21,22);1H. The molecule has 1 fully saturated rings. The van der Waals surface area contributed by atoms with Crippen LogP contribution in [0, 0.1) is 0 Å². The molecule has 0 bridgehead atoms. The third kappa shape index (κ3) is 8.11. The molecule has 0 saturated carbocycles. The third-order valence-corrected chi connectivity index (χ3v) is 3.68. The van der Waals surface area contributed by atoms with Gasteiger partial charge in [0.25, 0.3) is 0 Å². The normalized spacial score (nSPS) is 15.2. The highest BCUT2D eigenvalue weighted by atomic mass is 127. The topological polar surface area (TPSA) is 80.0 Å². The Balaban J connectivity index is 0.00000338. The minimum Gasteiger partial charge on any atom is -0.406 e. The average molecular weight is 486 g/mol. The van der Waals surface area contributed by atoms with Gasteiger partial charge in [-0.1, -0.05) is 0 Å². The number of guanidine groups is 1. The lowest BCUT2D eigenvalue weighted by Gasteiger charge is -2.26. The van der Waals surface area contributed by atoms with Crippen molar-refractivity contribution in [2.45, 2.75) is 32.0 Å². The van der Waals surface area contributed by atoms with E-state index in [1.807, 2.05) is 4.90 Å². The van der Waals surface area contributed by atoms with E-state index in [0.29, 0.717) is 5.69 Å². The number of benzene rings is 1. The van der Waals surface area contributed by atoms with Crippen LogP contribution >= 0.6 is 24.0 Å². The summed E-state index contributed by atoms with van der Waals surface area (Å²) in [6.45, 7) is 1.84. The highest BCUT2D eigenvalue weighted by molar-refractivity contribution is 14.0. The number of alkyl halides is 3. The highest BCUT2D eigenvalue weighted by Crippen LogP contribution is 2.23. The van der Waals surface area contributed by atoms with E-state index in [1.54, 1.807) is 0 Å². The first-order valence-corrected chi connectivity index (χ1v) is 8.04. The van der Waals surface area contributed by atoms with E-state index >= 15 is 0 Å². The van der Waals surface area contributed by atoms with Crippen LogP contribution in [0.15, 0.2) is 29.3 Å². The number of rotatable bonds is 5. The molecular formula is C16H22F3IN4O2. The first-order valence-electron chi connectivity index (χ1n) is 8.04. The molecule has 0 atom stereocenters. The third-order valence-electron chi connectivity index (χ3n) is 3.68. The van der Waals surface area contributed by atoms with Gasteiger partial charge in [0, 0.05) is 25.2 Å². The number of ether oxygens (including phenoxy) is 1. The van der Waals surface area contributed by atoms with Gasteiger partial charge >= 0.3 is 6.36 Å². The molecule has 1 amide bonds. The van der Waals surface area contributed by atoms with Gasteiger partial charge in [-0.2, -0.15) is 0 Å². The number of amides is 1. The van der Waals surface area contributed by atoms with Crippen LogP contribution in [-0.2, 0) is 4.79 Å². The zero-order valence-electron chi connectivity index (χ0n) is 14.1. The van der Waals surface area contributed by atoms with Gasteiger partial charge in [-0.15, -0.1) is 37.1 Å². The van der Waals surface area contributed by atoms with Gasteiger partial charge in [-0.05, 0) is 43.5 Å². The zero-order chi connectivity index (χ0) is 18.3. The predicted octanol–water partition coefficient (Wildman–Crippen LogP) is 3.33. The fraction of sp³-hybridized carbons (Fsp3) is 0.500. The maximum Gasteiger partial charge on any atom is 0.573 e. The molecule has 1 aliphatic rings. The van der Waals surface area contributed by atoms with E-state index < -0.39 is 6.36 Å². The van der Waals surface area contributed by atoms with Crippen molar-refractivity contribution in [1.82, 2.24) is 4.90 Å². The molecule has 0 aromatic heterocycles. The molecular weight excluding hydrogens is 464 g/mol. The number of carbonyl (C=O) groups excluding carboxylic acids is 1. The van der Waals surface area contributed by atoms with Crippen LogP contribution in [0.5, 0.6) is 5.75 Å². The number of anilines is 1. The smallest absolute Gasteiger partial charge is 0.406 e. The number of likely N-dealkylation sites (tertiary alicyclic amines) is 1. The van der Waals surface area contributed by atoms with E-state index in [-0.39, 0.29) is 54.6 Å². The molecule has 6 nitrogen and oxygen atoms in total. The average Bonchev–Trinajstić information content (AvgIpc) is 2.56. The van der Waals surface area contributed by atoms with E-state index in [4.69, 9.17) is 5.73 Å². The molecule has 1 aliphatic heterocycles. The van der Waals surface area contributed by atoms with Crippen molar-refractivity contribution in [2.75, 3.05) is 25.0 Å². The number of aliphatic imine (C=N–C) groups is 1. The molecule has 1 aromatic rings. The van der Waals surface area contributed by atoms with E-state index in [1.165, 1.54) is 24.3 Å². The number of nitrogens with zero attached hydrogens (tertiary/aromatic N) is 2. The van der Waals surface area contributed by atoms with Crippen LogP contribution in [0.4, 0.5) is 18.9 Å². The molecule has 1 aromatic carbocycles. The second-order valence-electron chi connectivity index (χ2n) is 5.66. The van der Waals surface area contributed by atoms with Gasteiger partial charge < -0.3 is 20.7 Å². The summed E-state index contributed by atoms with van der Waals surface area (Å²) in [5.74, 6) is -0.165. The van der Waals surface area contributed by atoms with Gasteiger partial charge in [0.1, 0.15) is 5.75 Å². The minimum atomic E-state index is -4.73. The molecule has 146 valence electrons. The Bertz CT molecular complexity index is 603. The molecule has 0 aliphatic carbocycles. The Labute approximate surface area is 167 Å². The first kappa shape index (κ1) is 22.3. The molecule has 2 rings (SSSR count). The summed E-state index contributed by atoms with van der Waals surface area (Å²) < 4.78 is 40.0. The largest absolute Gasteiger partial charge is 0.573 e. The number of halogens is 4. The van der Waals surface area contributed by atoms with E-state index in [0.717, 1.165) is 32.4 Å². The van der Waals surface area contributed by atoms with Crippen molar-refractivity contribution in [2.24, 2.45) is 10.7 Å². The lowest BCUT2D eigenvalue weighted by Crippen LogP contribution is -2.36. The molecule has 10 heteroatoms. The van der Waals surface area contributed by atoms with Crippen molar-refractivity contribution in [3.8, 4) is 5.75 Å². The van der Waals surface area contributed by atoms with Crippen molar-refractivity contribution in [1.29, 1.82) is 0 Å². The van der Waals surface area contributed by atoms with E-state index in [2.05, 4.69) is 15.0 Å². The quantitative estimate of drug-likeness (QED) is 0.380. The lowest BCUT2D eigenvalue weighted by molar-refractivity contribution is -0.274. The Morgan fingerprint density at radius 3 is 2.38 bits per heavy atom. The fourth-order valence-corrected chi connectivity index (χ4v) is 2.50. The van der Waals surface area contributed by atoms with Crippen molar-refractivity contribution in [3.05, 3.63) is 24.3 Å². The fourth-order valence-electron chi connectivity index (χ4n) is 2.50. The Hall–Kier alpha value is -1.72. The highest BCUT2D eigenvalue weighted by Gasteiger charge is 2.30. The maximum atomic E-state index is 12.1. The summed E-state index contributed by atoms with van der Waals surface area (Å²) in [5, 5.41) is 2.75. The zero-order valence-corrected chi connectivity index (χ0v) is 16.4. The van der Waals surface area contributed by atoms with Gasteiger partial charge in [-0.25, -0.2) is 0 Å². The van der Waals surface area contributed by atoms with Crippen LogP contribution in [0.2, 0.25) is 0 Å². The number of hydrogen-bond donors (Lipinski definition) is 2. The Morgan fingerprint density at radius 2 is 1.81 bits per heavy atom. The second-order valence-corrected chi connectivity index (χ2v) is 5.66.